The van der Waals surface area contributed by atoms with Crippen molar-refractivity contribution in [3.8, 4) is 0 Å². The minimum absolute atomic E-state index is 0. The van der Waals surface area contributed by atoms with E-state index in [2.05, 4.69) is 37.4 Å². The predicted molar refractivity (Wildman–Crippen MR) is 71.0 cm³/mol. The fourth-order valence-electron chi connectivity index (χ4n) is 1.63. The first kappa shape index (κ1) is 14.3. The first-order valence-corrected chi connectivity index (χ1v) is 5.28. The van der Waals surface area contributed by atoms with Crippen LogP contribution in [0.1, 0.15) is 11.1 Å². The summed E-state index contributed by atoms with van der Waals surface area (Å²) in [6.45, 7) is 8.20. The fraction of sp³-hybridized carbons (Fsp3) is 0. The predicted octanol–water partition coefficient (Wildman–Crippen LogP) is 4.41. The fourth-order valence-corrected chi connectivity index (χ4v) is 1.63. The molecule has 84 valence electrons. The second-order valence-corrected chi connectivity index (χ2v) is 3.69. The van der Waals surface area contributed by atoms with Crippen LogP contribution in [0.25, 0.3) is 11.1 Å². The minimum atomic E-state index is 0. The summed E-state index contributed by atoms with van der Waals surface area (Å²) in [4.78, 5) is 0. The molecule has 0 spiro atoms. The Morgan fingerprint density at radius 2 is 0.882 bits per heavy atom. The molecule has 0 aliphatic heterocycles. The van der Waals surface area contributed by atoms with E-state index in [1.165, 1.54) is 0 Å². The molecule has 0 aliphatic rings. The van der Waals surface area contributed by atoms with Gasteiger partial charge in [0, 0.05) is 40.4 Å². The number of allylic oxidation sites excluding steroid dienone is 2. The molecule has 0 bridgehead atoms. The Kier molecular flexibility index (Phi) is 5.78. The van der Waals surface area contributed by atoms with Gasteiger partial charge in [-0.15, -0.1) is 0 Å². The van der Waals surface area contributed by atoms with Crippen LogP contribution < -0.4 is 0 Å². The Labute approximate surface area is 135 Å². The number of hydrogen-bond acceptors (Lipinski definition) is 0. The van der Waals surface area contributed by atoms with Crippen LogP contribution in [-0.2, 0) is 0 Å². The second kappa shape index (κ2) is 6.86. The van der Waals surface area contributed by atoms with Crippen molar-refractivity contribution in [3.63, 3.8) is 0 Å². The zero-order chi connectivity index (χ0) is 11.4. The van der Waals surface area contributed by atoms with E-state index in [-0.39, 0.29) is 40.4 Å². The van der Waals surface area contributed by atoms with Gasteiger partial charge >= 0.3 is 0 Å². The van der Waals surface area contributed by atoms with E-state index >= 15 is 0 Å². The van der Waals surface area contributed by atoms with Crippen LogP contribution in [0.15, 0.2) is 73.8 Å². The zero-order valence-corrected chi connectivity index (χ0v) is 12.2. The molecule has 17 heavy (non-hydrogen) atoms. The molecule has 2 rings (SSSR count). The Bertz CT molecular complexity index is 448. The van der Waals surface area contributed by atoms with Crippen molar-refractivity contribution in [2.45, 2.75) is 0 Å². The first-order chi connectivity index (χ1) is 7.79. The van der Waals surface area contributed by atoms with E-state index in [4.69, 9.17) is 0 Å². The van der Waals surface area contributed by atoms with E-state index in [0.29, 0.717) is 0 Å². The summed E-state index contributed by atoms with van der Waals surface area (Å²) < 4.78 is 0. The molecule has 0 nitrogen and oxygen atoms in total. The molecule has 0 radical (unpaired) electrons. The van der Waals surface area contributed by atoms with Crippen LogP contribution in [0.5, 0.6) is 0 Å². The van der Waals surface area contributed by atoms with Gasteiger partial charge in [0.25, 0.3) is 0 Å². The molecule has 1 heteroatoms. The molecule has 0 heterocycles. The first-order valence-electron chi connectivity index (χ1n) is 5.28. The molecule has 0 amide bonds. The maximum Gasteiger partial charge on any atom is 0 e. The Morgan fingerprint density at radius 1 is 0.588 bits per heavy atom. The van der Waals surface area contributed by atoms with E-state index in [1.54, 1.807) is 0 Å². The van der Waals surface area contributed by atoms with Gasteiger partial charge in [0.05, 0.1) is 0 Å². The molecule has 0 saturated heterocycles. The molecule has 0 unspecified atom stereocenters. The summed E-state index contributed by atoms with van der Waals surface area (Å²) in [6.07, 6.45) is 0. The van der Waals surface area contributed by atoms with Crippen molar-refractivity contribution in [2.24, 2.45) is 0 Å². The molecule has 0 aromatic heterocycles. The minimum Gasteiger partial charge on any atom is -0.0906 e. The average Bonchev–Trinajstić information content (AvgIpc) is 2.39. The summed E-state index contributed by atoms with van der Waals surface area (Å²) in [6, 6.07) is 20.3. The Morgan fingerprint density at radius 3 is 1.18 bits per heavy atom. The largest absolute Gasteiger partial charge is 0.0906 e. The van der Waals surface area contributed by atoms with Gasteiger partial charge in [-0.25, -0.2) is 0 Å². The maximum absolute atomic E-state index is 4.10. The zero-order valence-electron chi connectivity index (χ0n) is 9.60. The third-order valence-electron chi connectivity index (χ3n) is 2.61. The summed E-state index contributed by atoms with van der Waals surface area (Å²) >= 11 is 0. The van der Waals surface area contributed by atoms with Gasteiger partial charge < -0.3 is 0 Å². The number of hydrogen-bond donors (Lipinski definition) is 0. The summed E-state index contributed by atoms with van der Waals surface area (Å²) in [5.41, 5.74) is 4.20. The van der Waals surface area contributed by atoms with Crippen molar-refractivity contribution in [3.05, 3.63) is 84.9 Å². The van der Waals surface area contributed by atoms with Gasteiger partial charge in [-0.2, -0.15) is 0 Å². The molecular weight excluding hydrogens is 343 g/mol. The standard InChI is InChI=1S/C16H14.Sm/c1-13(15-9-5-3-6-10-15)14(2)16-11-7-4-8-12-16;/h3-12H,1-2H2;. The SMILES string of the molecule is C=C(C(=C)c1ccccc1)c1ccccc1.[Sm]. The molecule has 0 aliphatic carbocycles. The van der Waals surface area contributed by atoms with E-state index in [1.807, 2.05) is 36.4 Å². The van der Waals surface area contributed by atoms with Crippen LogP contribution in [0, 0.1) is 40.4 Å². The third-order valence-corrected chi connectivity index (χ3v) is 2.61. The molecule has 2 aromatic rings. The van der Waals surface area contributed by atoms with Crippen molar-refractivity contribution >= 4 is 11.1 Å². The smallest absolute Gasteiger partial charge is 0 e. The molecule has 0 fully saturated rings. The summed E-state index contributed by atoms with van der Waals surface area (Å²) in [5, 5.41) is 0. The van der Waals surface area contributed by atoms with Crippen molar-refractivity contribution in [1.29, 1.82) is 0 Å². The van der Waals surface area contributed by atoms with Gasteiger partial charge in [0.1, 0.15) is 0 Å². The van der Waals surface area contributed by atoms with Crippen LogP contribution in [0.2, 0.25) is 0 Å². The number of rotatable bonds is 3. The van der Waals surface area contributed by atoms with Crippen molar-refractivity contribution < 1.29 is 40.4 Å². The van der Waals surface area contributed by atoms with Gasteiger partial charge in [-0.05, 0) is 22.3 Å². The van der Waals surface area contributed by atoms with E-state index in [9.17, 15) is 0 Å². The monoisotopic (exact) mass is 358 g/mol. The van der Waals surface area contributed by atoms with Crippen LogP contribution in [0.3, 0.4) is 0 Å². The topological polar surface area (TPSA) is 0 Å². The van der Waals surface area contributed by atoms with Crippen LogP contribution in [-0.4, -0.2) is 0 Å². The molecular formula is C16H14Sm. The van der Waals surface area contributed by atoms with E-state index < -0.39 is 0 Å². The quantitative estimate of drug-likeness (QED) is 0.715. The van der Waals surface area contributed by atoms with Gasteiger partial charge in [-0.1, -0.05) is 73.8 Å². The Balaban J connectivity index is 0.00000144. The van der Waals surface area contributed by atoms with Crippen LogP contribution >= 0.6 is 0 Å². The average molecular weight is 357 g/mol. The molecule has 0 N–H and O–H groups in total. The van der Waals surface area contributed by atoms with E-state index in [0.717, 1.165) is 22.3 Å². The molecule has 0 saturated carbocycles. The van der Waals surface area contributed by atoms with Crippen LogP contribution in [0.4, 0.5) is 0 Å². The Hall–Kier alpha value is -0.742. The van der Waals surface area contributed by atoms with Crippen molar-refractivity contribution in [1.82, 2.24) is 0 Å². The second-order valence-electron chi connectivity index (χ2n) is 3.69. The van der Waals surface area contributed by atoms with Gasteiger partial charge in [0.15, 0.2) is 0 Å². The molecule has 0 atom stereocenters. The van der Waals surface area contributed by atoms with Crippen molar-refractivity contribution in [2.75, 3.05) is 0 Å². The molecule has 2 aromatic carbocycles. The normalized spacial score (nSPS) is 9.18. The van der Waals surface area contributed by atoms with Gasteiger partial charge in [-0.3, -0.25) is 0 Å². The van der Waals surface area contributed by atoms with Gasteiger partial charge in [0.2, 0.25) is 0 Å². The summed E-state index contributed by atoms with van der Waals surface area (Å²) in [7, 11) is 0. The maximum atomic E-state index is 4.10. The third kappa shape index (κ3) is 3.61. The summed E-state index contributed by atoms with van der Waals surface area (Å²) in [5.74, 6) is 0. The number of benzene rings is 2.